The zero-order valence-corrected chi connectivity index (χ0v) is 18.4. The van der Waals surface area contributed by atoms with Crippen LogP contribution in [-0.2, 0) is 11.3 Å². The number of aliphatic imine (C=N–C) groups is 1. The van der Waals surface area contributed by atoms with Crippen LogP contribution in [0.3, 0.4) is 0 Å². The van der Waals surface area contributed by atoms with E-state index in [0.29, 0.717) is 17.9 Å². The van der Waals surface area contributed by atoms with Crippen LogP contribution in [0.1, 0.15) is 30.4 Å². The summed E-state index contributed by atoms with van der Waals surface area (Å²) < 4.78 is 10.8. The van der Waals surface area contributed by atoms with Crippen molar-refractivity contribution in [1.82, 2.24) is 10.2 Å². The molecule has 0 aromatic heterocycles. The number of carbonyl (C=O) groups is 1. The van der Waals surface area contributed by atoms with Crippen LogP contribution in [-0.4, -0.2) is 56.9 Å². The van der Waals surface area contributed by atoms with E-state index >= 15 is 0 Å². The summed E-state index contributed by atoms with van der Waals surface area (Å²) in [5, 5.41) is 6.34. The van der Waals surface area contributed by atoms with Gasteiger partial charge in [0.2, 0.25) is 5.91 Å². The second-order valence-corrected chi connectivity index (χ2v) is 7.87. The third-order valence-corrected chi connectivity index (χ3v) is 5.91. The van der Waals surface area contributed by atoms with Gasteiger partial charge in [0.1, 0.15) is 5.92 Å². The largest absolute Gasteiger partial charge is 0.493 e. The van der Waals surface area contributed by atoms with Crippen LogP contribution in [0.25, 0.3) is 0 Å². The van der Waals surface area contributed by atoms with E-state index in [0.717, 1.165) is 55.4 Å². The van der Waals surface area contributed by atoms with Crippen molar-refractivity contribution in [2.75, 3.05) is 45.7 Å². The van der Waals surface area contributed by atoms with Crippen LogP contribution in [0.2, 0.25) is 0 Å². The molecule has 2 N–H and O–H groups in total. The van der Waals surface area contributed by atoms with E-state index < -0.39 is 5.92 Å². The molecule has 2 aromatic carbocycles. The quantitative estimate of drug-likeness (QED) is 0.670. The lowest BCUT2D eigenvalue weighted by molar-refractivity contribution is -0.115. The second kappa shape index (κ2) is 9.49. The van der Waals surface area contributed by atoms with Gasteiger partial charge in [-0.1, -0.05) is 19.1 Å². The van der Waals surface area contributed by atoms with E-state index in [9.17, 15) is 4.79 Å². The number of amides is 1. The van der Waals surface area contributed by atoms with E-state index in [2.05, 4.69) is 27.7 Å². The molecule has 1 unspecified atom stereocenters. The molecular formula is C24H30N4O3. The molecule has 1 fully saturated rings. The second-order valence-electron chi connectivity index (χ2n) is 7.87. The number of piperazine rings is 1. The lowest BCUT2D eigenvalue weighted by Crippen LogP contribution is -2.42. The number of nitrogens with one attached hydrogen (secondary N) is 2. The first kappa shape index (κ1) is 21.3. The maximum absolute atomic E-state index is 12.8. The average molecular weight is 423 g/mol. The maximum Gasteiger partial charge on any atom is 0.237 e. The number of hydrogen-bond acceptors (Lipinski definition) is 6. The Morgan fingerprint density at radius 2 is 1.77 bits per heavy atom. The number of hydrogen-bond donors (Lipinski definition) is 2. The topological polar surface area (TPSA) is 75.2 Å². The average Bonchev–Trinajstić information content (AvgIpc) is 3.12. The van der Waals surface area contributed by atoms with Gasteiger partial charge >= 0.3 is 0 Å². The molecule has 2 aromatic rings. The molecule has 7 heteroatoms. The Hall–Kier alpha value is -2.90. The Labute approximate surface area is 183 Å². The van der Waals surface area contributed by atoms with Crippen molar-refractivity contribution in [3.8, 4) is 11.5 Å². The molecule has 0 saturated carbocycles. The Kier molecular flexibility index (Phi) is 6.53. The van der Waals surface area contributed by atoms with Crippen LogP contribution in [0.15, 0.2) is 41.4 Å². The number of methoxy groups -OCH3 is 2. The zero-order valence-electron chi connectivity index (χ0n) is 18.4. The molecule has 0 aliphatic carbocycles. The molecule has 0 bridgehead atoms. The van der Waals surface area contributed by atoms with Crippen LogP contribution in [0.4, 0.5) is 11.4 Å². The first-order valence-electron chi connectivity index (χ1n) is 10.8. The third kappa shape index (κ3) is 4.57. The molecule has 2 aliphatic heterocycles. The minimum absolute atomic E-state index is 0.0683. The van der Waals surface area contributed by atoms with Gasteiger partial charge in [0.05, 0.1) is 19.9 Å². The van der Waals surface area contributed by atoms with Crippen LogP contribution < -0.4 is 20.1 Å². The Balaban J connectivity index is 1.57. The molecule has 1 amide bonds. The summed E-state index contributed by atoms with van der Waals surface area (Å²) in [6.07, 6.45) is 0.675. The summed E-state index contributed by atoms with van der Waals surface area (Å²) >= 11 is 0. The summed E-state index contributed by atoms with van der Waals surface area (Å²) in [4.78, 5) is 20.1. The normalized spacial score (nSPS) is 19.1. The molecule has 2 aliphatic rings. The number of nitrogens with zero attached hydrogens (tertiary/aromatic N) is 2. The minimum atomic E-state index is -0.430. The predicted octanol–water partition coefficient (Wildman–Crippen LogP) is 3.33. The fourth-order valence-electron chi connectivity index (χ4n) is 4.24. The van der Waals surface area contributed by atoms with Crippen molar-refractivity contribution < 1.29 is 14.3 Å². The fraction of sp³-hybridized carbons (Fsp3) is 0.417. The molecular weight excluding hydrogens is 392 g/mol. The van der Waals surface area contributed by atoms with E-state index in [-0.39, 0.29) is 5.91 Å². The highest BCUT2D eigenvalue weighted by molar-refractivity contribution is 6.19. The van der Waals surface area contributed by atoms with Crippen molar-refractivity contribution in [2.45, 2.75) is 25.8 Å². The van der Waals surface area contributed by atoms with Gasteiger partial charge in [-0.15, -0.1) is 0 Å². The summed E-state index contributed by atoms with van der Waals surface area (Å²) in [6.45, 7) is 7.22. The van der Waals surface area contributed by atoms with E-state index in [4.69, 9.17) is 14.5 Å². The highest BCUT2D eigenvalue weighted by Crippen LogP contribution is 2.42. The number of ether oxygens (including phenoxy) is 2. The van der Waals surface area contributed by atoms with Crippen molar-refractivity contribution in [3.05, 3.63) is 47.5 Å². The van der Waals surface area contributed by atoms with Gasteiger partial charge in [-0.3, -0.25) is 14.7 Å². The van der Waals surface area contributed by atoms with Gasteiger partial charge in [0.15, 0.2) is 11.5 Å². The molecule has 7 nitrogen and oxygen atoms in total. The van der Waals surface area contributed by atoms with Crippen LogP contribution >= 0.6 is 0 Å². The SMILES string of the molecule is CCC(=Nc1ccc(CN2CCNCC2)cc1)C1C(=O)Nc2cc(OC)c(OC)cc21. The lowest BCUT2D eigenvalue weighted by Gasteiger charge is -2.27. The summed E-state index contributed by atoms with van der Waals surface area (Å²) in [5.41, 5.74) is 4.60. The predicted molar refractivity (Wildman–Crippen MR) is 123 cm³/mol. The molecule has 0 radical (unpaired) electrons. The standard InChI is InChI=1S/C24H30N4O3/c1-4-19(23-18-13-21(30-2)22(31-3)14-20(18)27-24(23)29)26-17-7-5-16(6-8-17)15-28-11-9-25-10-12-28/h5-8,13-14,23,25H,4,9-12,15H2,1-3H3,(H,27,29). The Bertz CT molecular complexity index is 966. The summed E-state index contributed by atoms with van der Waals surface area (Å²) in [5.74, 6) is 0.703. The van der Waals surface area contributed by atoms with E-state index in [1.54, 1.807) is 14.2 Å². The Morgan fingerprint density at radius 1 is 1.10 bits per heavy atom. The summed E-state index contributed by atoms with van der Waals surface area (Å²) in [7, 11) is 3.18. The highest BCUT2D eigenvalue weighted by atomic mass is 16.5. The minimum Gasteiger partial charge on any atom is -0.493 e. The van der Waals surface area contributed by atoms with E-state index in [1.807, 2.05) is 31.2 Å². The van der Waals surface area contributed by atoms with Crippen LogP contribution in [0.5, 0.6) is 11.5 Å². The maximum atomic E-state index is 12.8. The smallest absolute Gasteiger partial charge is 0.237 e. The van der Waals surface area contributed by atoms with Gasteiger partial charge in [0.25, 0.3) is 0 Å². The van der Waals surface area contributed by atoms with Crippen molar-refractivity contribution in [3.63, 3.8) is 0 Å². The van der Waals surface area contributed by atoms with Gasteiger partial charge < -0.3 is 20.1 Å². The molecule has 0 spiro atoms. The molecule has 31 heavy (non-hydrogen) atoms. The fourth-order valence-corrected chi connectivity index (χ4v) is 4.24. The molecule has 164 valence electrons. The van der Waals surface area contributed by atoms with Crippen molar-refractivity contribution in [1.29, 1.82) is 0 Å². The number of carbonyl (C=O) groups excluding carboxylic acids is 1. The molecule has 1 saturated heterocycles. The van der Waals surface area contributed by atoms with Gasteiger partial charge in [-0.05, 0) is 35.7 Å². The molecule has 2 heterocycles. The van der Waals surface area contributed by atoms with Crippen molar-refractivity contribution in [2.24, 2.45) is 4.99 Å². The Morgan fingerprint density at radius 3 is 2.42 bits per heavy atom. The van der Waals surface area contributed by atoms with E-state index in [1.165, 1.54) is 5.56 Å². The first-order chi connectivity index (χ1) is 15.1. The lowest BCUT2D eigenvalue weighted by atomic mass is 9.93. The number of benzene rings is 2. The highest BCUT2D eigenvalue weighted by Gasteiger charge is 2.35. The third-order valence-electron chi connectivity index (χ3n) is 5.91. The van der Waals surface area contributed by atoms with Gasteiger partial charge in [-0.2, -0.15) is 0 Å². The molecule has 1 atom stereocenters. The number of fused-ring (bicyclic) bond motifs is 1. The summed E-state index contributed by atoms with van der Waals surface area (Å²) in [6, 6.07) is 12.0. The first-order valence-corrected chi connectivity index (χ1v) is 10.8. The number of rotatable bonds is 7. The molecule has 4 rings (SSSR count). The number of anilines is 1. The van der Waals surface area contributed by atoms with Crippen molar-refractivity contribution >= 4 is 23.0 Å². The van der Waals surface area contributed by atoms with Gasteiger partial charge in [0, 0.05) is 50.2 Å². The zero-order chi connectivity index (χ0) is 21.8. The monoisotopic (exact) mass is 422 g/mol. The van der Waals surface area contributed by atoms with Crippen LogP contribution in [0, 0.1) is 0 Å². The van der Waals surface area contributed by atoms with Gasteiger partial charge in [-0.25, -0.2) is 0 Å².